The summed E-state index contributed by atoms with van der Waals surface area (Å²) in [6.45, 7) is 6.93. The van der Waals surface area contributed by atoms with E-state index in [2.05, 4.69) is 34.2 Å². The number of hydrogen-bond acceptors (Lipinski definition) is 3. The first-order chi connectivity index (χ1) is 8.11. The van der Waals surface area contributed by atoms with Gasteiger partial charge in [0, 0.05) is 0 Å². The molecule has 4 heteroatoms. The Labute approximate surface area is 109 Å². The van der Waals surface area contributed by atoms with Crippen molar-refractivity contribution in [3.8, 4) is 0 Å². The predicted octanol–water partition coefficient (Wildman–Crippen LogP) is 3.95. The maximum absolute atomic E-state index is 5.75. The first kappa shape index (κ1) is 12.5. The van der Waals surface area contributed by atoms with Gasteiger partial charge in [-0.25, -0.2) is 0 Å². The van der Waals surface area contributed by atoms with E-state index in [0.717, 1.165) is 34.1 Å². The van der Waals surface area contributed by atoms with Gasteiger partial charge in [0.2, 0.25) is 0 Å². The Hall–Kier alpha value is -1.00. The summed E-state index contributed by atoms with van der Waals surface area (Å²) in [6, 6.07) is 5.87. The second kappa shape index (κ2) is 5.10. The Kier molecular flexibility index (Phi) is 3.74. The number of nitrogens with one attached hydrogen (secondary N) is 1. The number of aryl methyl sites for hydroxylation is 2. The number of hydrogen-bond donors (Lipinski definition) is 1. The Bertz CT molecular complexity index is 482. The van der Waals surface area contributed by atoms with Crippen LogP contribution in [0.5, 0.6) is 0 Å². The first-order valence-corrected chi connectivity index (χ1v) is 6.46. The maximum Gasteiger partial charge on any atom is 0.169 e. The second-order valence-corrected chi connectivity index (χ2v) is 4.80. The minimum atomic E-state index is -0.0290. The molecule has 2 heterocycles. The van der Waals surface area contributed by atoms with Crippen molar-refractivity contribution < 1.29 is 8.83 Å². The third kappa shape index (κ3) is 2.64. The topological polar surface area (TPSA) is 38.3 Å². The number of rotatable bonds is 4. The van der Waals surface area contributed by atoms with Gasteiger partial charge in [-0.15, -0.1) is 0 Å². The molecule has 2 aromatic rings. The molecule has 0 spiro atoms. The summed E-state index contributed by atoms with van der Waals surface area (Å²) >= 11 is 3.32. The molecule has 0 aliphatic rings. The Morgan fingerprint density at radius 1 is 1.24 bits per heavy atom. The minimum absolute atomic E-state index is 0.0290. The largest absolute Gasteiger partial charge is 0.464 e. The highest BCUT2D eigenvalue weighted by Gasteiger charge is 2.20. The van der Waals surface area contributed by atoms with Gasteiger partial charge in [-0.05, 0) is 60.1 Å². The van der Waals surface area contributed by atoms with E-state index in [4.69, 9.17) is 8.83 Å². The molecular formula is C13H16BrNO2. The molecule has 0 radical (unpaired) electrons. The predicted molar refractivity (Wildman–Crippen MR) is 70.1 cm³/mol. The maximum atomic E-state index is 5.75. The molecule has 0 aliphatic carbocycles. The van der Waals surface area contributed by atoms with E-state index in [9.17, 15) is 0 Å². The standard InChI is InChI=1S/C13H16BrNO2/c1-4-15-13(10-5-6-12(14)17-10)11-7-8(2)9(3)16-11/h5-7,13,15H,4H2,1-3H3. The van der Waals surface area contributed by atoms with E-state index < -0.39 is 0 Å². The van der Waals surface area contributed by atoms with E-state index in [1.165, 1.54) is 0 Å². The van der Waals surface area contributed by atoms with Crippen LogP contribution in [0.1, 0.15) is 35.8 Å². The summed E-state index contributed by atoms with van der Waals surface area (Å²) in [5.74, 6) is 2.70. The summed E-state index contributed by atoms with van der Waals surface area (Å²) in [4.78, 5) is 0. The monoisotopic (exact) mass is 297 g/mol. The van der Waals surface area contributed by atoms with E-state index >= 15 is 0 Å². The van der Waals surface area contributed by atoms with Crippen LogP contribution in [0, 0.1) is 13.8 Å². The molecule has 0 saturated heterocycles. The normalized spacial score (nSPS) is 12.9. The van der Waals surface area contributed by atoms with Gasteiger partial charge in [-0.3, -0.25) is 0 Å². The fraction of sp³-hybridized carbons (Fsp3) is 0.385. The number of halogens is 1. The summed E-state index contributed by atoms with van der Waals surface area (Å²) in [5, 5.41) is 3.36. The van der Waals surface area contributed by atoms with Gasteiger partial charge in [0.15, 0.2) is 4.67 Å². The zero-order chi connectivity index (χ0) is 12.4. The van der Waals surface area contributed by atoms with Crippen molar-refractivity contribution >= 4 is 15.9 Å². The van der Waals surface area contributed by atoms with Gasteiger partial charge >= 0.3 is 0 Å². The molecule has 1 N–H and O–H groups in total. The molecule has 0 aliphatic heterocycles. The van der Waals surface area contributed by atoms with Crippen LogP contribution in [-0.2, 0) is 0 Å². The minimum Gasteiger partial charge on any atom is -0.464 e. The van der Waals surface area contributed by atoms with Crippen LogP contribution in [0.15, 0.2) is 31.7 Å². The molecule has 2 rings (SSSR count). The van der Waals surface area contributed by atoms with Crippen LogP contribution in [-0.4, -0.2) is 6.54 Å². The lowest BCUT2D eigenvalue weighted by Gasteiger charge is -2.12. The second-order valence-electron chi connectivity index (χ2n) is 4.02. The lowest BCUT2D eigenvalue weighted by atomic mass is 10.1. The van der Waals surface area contributed by atoms with Crippen molar-refractivity contribution in [1.82, 2.24) is 5.32 Å². The molecule has 92 valence electrons. The fourth-order valence-electron chi connectivity index (χ4n) is 1.77. The van der Waals surface area contributed by atoms with Crippen molar-refractivity contribution in [2.45, 2.75) is 26.8 Å². The molecule has 0 fully saturated rings. The third-order valence-electron chi connectivity index (χ3n) is 2.76. The quantitative estimate of drug-likeness (QED) is 0.928. The van der Waals surface area contributed by atoms with Crippen LogP contribution in [0.3, 0.4) is 0 Å². The summed E-state index contributed by atoms with van der Waals surface area (Å²) in [6.07, 6.45) is 0. The third-order valence-corrected chi connectivity index (χ3v) is 3.18. The van der Waals surface area contributed by atoms with Gasteiger partial charge < -0.3 is 14.2 Å². The fourth-order valence-corrected chi connectivity index (χ4v) is 2.09. The SMILES string of the molecule is CCNC(c1ccc(Br)o1)c1cc(C)c(C)o1. The molecule has 0 aromatic carbocycles. The van der Waals surface area contributed by atoms with Crippen LogP contribution in [0.4, 0.5) is 0 Å². The highest BCUT2D eigenvalue weighted by atomic mass is 79.9. The smallest absolute Gasteiger partial charge is 0.169 e. The van der Waals surface area contributed by atoms with E-state index in [0.29, 0.717) is 0 Å². The summed E-state index contributed by atoms with van der Waals surface area (Å²) < 4.78 is 12.1. The lowest BCUT2D eigenvalue weighted by molar-refractivity contribution is 0.379. The van der Waals surface area contributed by atoms with Gasteiger partial charge in [-0.2, -0.15) is 0 Å². The van der Waals surface area contributed by atoms with Gasteiger partial charge in [0.25, 0.3) is 0 Å². The summed E-state index contributed by atoms with van der Waals surface area (Å²) in [7, 11) is 0. The molecule has 3 nitrogen and oxygen atoms in total. The Balaban J connectivity index is 2.34. The zero-order valence-electron chi connectivity index (χ0n) is 10.2. The Morgan fingerprint density at radius 2 is 2.00 bits per heavy atom. The average molecular weight is 298 g/mol. The first-order valence-electron chi connectivity index (χ1n) is 5.67. The van der Waals surface area contributed by atoms with Crippen LogP contribution in [0.2, 0.25) is 0 Å². The molecule has 17 heavy (non-hydrogen) atoms. The number of furan rings is 2. The zero-order valence-corrected chi connectivity index (χ0v) is 11.8. The van der Waals surface area contributed by atoms with Gasteiger partial charge in [0.1, 0.15) is 23.3 Å². The van der Waals surface area contributed by atoms with E-state index in [-0.39, 0.29) is 6.04 Å². The lowest BCUT2D eigenvalue weighted by Crippen LogP contribution is -2.20. The van der Waals surface area contributed by atoms with Gasteiger partial charge in [0.05, 0.1) is 0 Å². The molecule has 1 unspecified atom stereocenters. The van der Waals surface area contributed by atoms with Crippen LogP contribution < -0.4 is 5.32 Å². The van der Waals surface area contributed by atoms with Crippen LogP contribution >= 0.6 is 15.9 Å². The molecule has 0 saturated carbocycles. The highest BCUT2D eigenvalue weighted by molar-refractivity contribution is 9.10. The van der Waals surface area contributed by atoms with Crippen molar-refractivity contribution in [3.05, 3.63) is 45.7 Å². The Morgan fingerprint density at radius 3 is 2.47 bits per heavy atom. The molecular weight excluding hydrogens is 282 g/mol. The highest BCUT2D eigenvalue weighted by Crippen LogP contribution is 2.28. The van der Waals surface area contributed by atoms with Crippen molar-refractivity contribution in [2.75, 3.05) is 6.54 Å². The molecule has 0 bridgehead atoms. The summed E-state index contributed by atoms with van der Waals surface area (Å²) in [5.41, 5.74) is 1.16. The molecule has 1 atom stereocenters. The van der Waals surface area contributed by atoms with Crippen molar-refractivity contribution in [3.63, 3.8) is 0 Å². The molecule has 2 aromatic heterocycles. The average Bonchev–Trinajstić information content (AvgIpc) is 2.83. The van der Waals surface area contributed by atoms with E-state index in [1.54, 1.807) is 0 Å². The van der Waals surface area contributed by atoms with Crippen molar-refractivity contribution in [1.29, 1.82) is 0 Å². The van der Waals surface area contributed by atoms with Crippen LogP contribution in [0.25, 0.3) is 0 Å². The van der Waals surface area contributed by atoms with Crippen molar-refractivity contribution in [2.24, 2.45) is 0 Å². The molecule has 0 amide bonds. The van der Waals surface area contributed by atoms with Gasteiger partial charge in [-0.1, -0.05) is 6.92 Å². The van der Waals surface area contributed by atoms with E-state index in [1.807, 2.05) is 26.0 Å².